The van der Waals surface area contributed by atoms with E-state index in [1.807, 2.05) is 38.1 Å². The number of nitrogens with zero attached hydrogens (tertiary/aromatic N) is 1. The number of hydrogen-bond donors (Lipinski definition) is 1. The Bertz CT molecular complexity index is 1190. The standard InChI is InChI=1S/C25H27FN2O4S/c1-4-19-6-5-7-22(16-19)27-25(29)28(18(2)3)17-20-8-12-23(13-9-20)32-33(30,31)24-14-10-21(26)11-15-24/h5-16,18H,4,17H2,1-3H3,(H,27,29). The van der Waals surface area contributed by atoms with Crippen LogP contribution in [-0.4, -0.2) is 25.4 Å². The highest BCUT2D eigenvalue weighted by Crippen LogP contribution is 2.21. The molecule has 0 aliphatic heterocycles. The van der Waals surface area contributed by atoms with Gasteiger partial charge in [0.15, 0.2) is 0 Å². The van der Waals surface area contributed by atoms with E-state index in [0.29, 0.717) is 6.54 Å². The van der Waals surface area contributed by atoms with Gasteiger partial charge in [-0.3, -0.25) is 0 Å². The van der Waals surface area contributed by atoms with Crippen LogP contribution in [-0.2, 0) is 23.1 Å². The zero-order valence-electron chi connectivity index (χ0n) is 18.8. The first kappa shape index (κ1) is 24.3. The van der Waals surface area contributed by atoms with Gasteiger partial charge in [-0.05, 0) is 79.9 Å². The van der Waals surface area contributed by atoms with E-state index in [9.17, 15) is 17.6 Å². The Kier molecular flexibility index (Phi) is 7.71. The van der Waals surface area contributed by atoms with E-state index in [2.05, 4.69) is 12.2 Å². The summed E-state index contributed by atoms with van der Waals surface area (Å²) in [5.41, 5.74) is 2.68. The van der Waals surface area contributed by atoms with Crippen LogP contribution in [0.3, 0.4) is 0 Å². The molecule has 0 fully saturated rings. The fourth-order valence-electron chi connectivity index (χ4n) is 3.18. The van der Waals surface area contributed by atoms with Crippen molar-refractivity contribution in [3.8, 4) is 5.75 Å². The Labute approximate surface area is 194 Å². The van der Waals surface area contributed by atoms with Crippen molar-refractivity contribution in [2.45, 2.75) is 44.7 Å². The quantitative estimate of drug-likeness (QED) is 0.435. The molecule has 3 aromatic rings. The van der Waals surface area contributed by atoms with Crippen LogP contribution in [0.4, 0.5) is 14.9 Å². The van der Waals surface area contributed by atoms with Gasteiger partial charge in [0.1, 0.15) is 16.5 Å². The second-order valence-electron chi connectivity index (χ2n) is 7.84. The van der Waals surface area contributed by atoms with Crippen molar-refractivity contribution >= 4 is 21.8 Å². The molecule has 0 atom stereocenters. The predicted molar refractivity (Wildman–Crippen MR) is 126 cm³/mol. The van der Waals surface area contributed by atoms with Crippen LogP contribution in [0.2, 0.25) is 0 Å². The molecule has 0 spiro atoms. The van der Waals surface area contributed by atoms with Crippen molar-refractivity contribution in [2.75, 3.05) is 5.32 Å². The van der Waals surface area contributed by atoms with E-state index in [1.54, 1.807) is 17.0 Å². The Morgan fingerprint density at radius 2 is 1.67 bits per heavy atom. The van der Waals surface area contributed by atoms with Crippen molar-refractivity contribution in [1.29, 1.82) is 0 Å². The number of amides is 2. The predicted octanol–water partition coefficient (Wildman–Crippen LogP) is 5.60. The van der Waals surface area contributed by atoms with Crippen molar-refractivity contribution in [3.05, 3.63) is 89.7 Å². The SMILES string of the molecule is CCc1cccc(NC(=O)N(Cc2ccc(OS(=O)(=O)c3ccc(F)cc3)cc2)C(C)C)c1. The molecule has 6 nitrogen and oxygen atoms in total. The van der Waals surface area contributed by atoms with Gasteiger partial charge in [0.2, 0.25) is 0 Å². The number of benzene rings is 3. The van der Waals surface area contributed by atoms with Crippen molar-refractivity contribution in [1.82, 2.24) is 4.90 Å². The number of aryl methyl sites for hydroxylation is 1. The number of halogens is 1. The summed E-state index contributed by atoms with van der Waals surface area (Å²) in [5.74, 6) is -0.407. The monoisotopic (exact) mass is 470 g/mol. The van der Waals surface area contributed by atoms with Crippen LogP contribution in [0.25, 0.3) is 0 Å². The van der Waals surface area contributed by atoms with E-state index < -0.39 is 15.9 Å². The fraction of sp³-hybridized carbons (Fsp3) is 0.240. The summed E-state index contributed by atoms with van der Waals surface area (Å²) in [5, 5.41) is 2.94. The molecule has 0 aromatic heterocycles. The Morgan fingerprint density at radius 3 is 2.27 bits per heavy atom. The van der Waals surface area contributed by atoms with Gasteiger partial charge >= 0.3 is 16.1 Å². The third-order valence-corrected chi connectivity index (χ3v) is 6.32. The van der Waals surface area contributed by atoms with E-state index >= 15 is 0 Å². The molecule has 0 saturated heterocycles. The van der Waals surface area contributed by atoms with E-state index in [4.69, 9.17) is 4.18 Å². The maximum Gasteiger partial charge on any atom is 0.339 e. The summed E-state index contributed by atoms with van der Waals surface area (Å²) in [6, 6.07) is 18.3. The molecule has 3 aromatic carbocycles. The van der Waals surface area contributed by atoms with Crippen LogP contribution in [0, 0.1) is 5.82 Å². The lowest BCUT2D eigenvalue weighted by Gasteiger charge is -2.27. The largest absolute Gasteiger partial charge is 0.379 e. The summed E-state index contributed by atoms with van der Waals surface area (Å²) >= 11 is 0. The smallest absolute Gasteiger partial charge is 0.339 e. The number of anilines is 1. The summed E-state index contributed by atoms with van der Waals surface area (Å²) < 4.78 is 42.9. The number of hydrogen-bond acceptors (Lipinski definition) is 4. The molecule has 0 saturated carbocycles. The molecular formula is C25H27FN2O4S. The van der Waals surface area contributed by atoms with Gasteiger partial charge in [0.25, 0.3) is 0 Å². The van der Waals surface area contributed by atoms with E-state index in [-0.39, 0.29) is 22.7 Å². The molecule has 174 valence electrons. The topological polar surface area (TPSA) is 75.7 Å². The van der Waals surface area contributed by atoms with Gasteiger partial charge in [-0.1, -0.05) is 31.2 Å². The van der Waals surface area contributed by atoms with Gasteiger partial charge in [-0.2, -0.15) is 8.42 Å². The van der Waals surface area contributed by atoms with E-state index in [0.717, 1.165) is 47.5 Å². The minimum absolute atomic E-state index is 0.0610. The summed E-state index contributed by atoms with van der Waals surface area (Å²) in [4.78, 5) is 14.4. The van der Waals surface area contributed by atoms with Gasteiger partial charge in [-0.25, -0.2) is 9.18 Å². The lowest BCUT2D eigenvalue weighted by atomic mass is 10.1. The highest BCUT2D eigenvalue weighted by Gasteiger charge is 2.19. The molecule has 2 amide bonds. The third kappa shape index (κ3) is 6.55. The van der Waals surface area contributed by atoms with Crippen LogP contribution >= 0.6 is 0 Å². The van der Waals surface area contributed by atoms with Gasteiger partial charge < -0.3 is 14.4 Å². The molecule has 3 rings (SSSR count). The van der Waals surface area contributed by atoms with Gasteiger partial charge in [0.05, 0.1) is 0 Å². The fourth-order valence-corrected chi connectivity index (χ4v) is 4.11. The molecule has 0 aliphatic carbocycles. The average Bonchev–Trinajstić information content (AvgIpc) is 2.78. The van der Waals surface area contributed by atoms with Crippen LogP contribution in [0.5, 0.6) is 5.75 Å². The second-order valence-corrected chi connectivity index (χ2v) is 9.39. The maximum atomic E-state index is 13.1. The number of carbonyl (C=O) groups is 1. The zero-order valence-corrected chi connectivity index (χ0v) is 19.6. The number of carbonyl (C=O) groups excluding carboxylic acids is 1. The third-order valence-electron chi connectivity index (χ3n) is 5.06. The lowest BCUT2D eigenvalue weighted by Crippen LogP contribution is -2.39. The summed E-state index contributed by atoms with van der Waals surface area (Å²) in [6.45, 7) is 6.24. The molecule has 0 radical (unpaired) electrons. The van der Waals surface area contributed by atoms with Crippen molar-refractivity contribution in [3.63, 3.8) is 0 Å². The molecule has 1 N–H and O–H groups in total. The molecule has 0 aliphatic rings. The maximum absolute atomic E-state index is 13.1. The minimum Gasteiger partial charge on any atom is -0.379 e. The first-order valence-corrected chi connectivity index (χ1v) is 12.0. The summed E-state index contributed by atoms with van der Waals surface area (Å²) in [6.07, 6.45) is 0.878. The van der Waals surface area contributed by atoms with Crippen LogP contribution in [0.15, 0.2) is 77.7 Å². The Morgan fingerprint density at radius 1 is 1.00 bits per heavy atom. The Hall–Kier alpha value is -3.39. The molecular weight excluding hydrogens is 443 g/mol. The van der Waals surface area contributed by atoms with Crippen molar-refractivity contribution < 1.29 is 21.8 Å². The average molecular weight is 471 g/mol. The highest BCUT2D eigenvalue weighted by atomic mass is 32.2. The summed E-state index contributed by atoms with van der Waals surface area (Å²) in [7, 11) is -4.07. The molecule has 0 bridgehead atoms. The zero-order chi connectivity index (χ0) is 24.0. The second kappa shape index (κ2) is 10.5. The van der Waals surface area contributed by atoms with Crippen molar-refractivity contribution in [2.24, 2.45) is 0 Å². The van der Waals surface area contributed by atoms with Gasteiger partial charge in [0, 0.05) is 18.3 Å². The number of nitrogens with one attached hydrogen (secondary N) is 1. The highest BCUT2D eigenvalue weighted by molar-refractivity contribution is 7.87. The molecule has 8 heteroatoms. The minimum atomic E-state index is -4.07. The molecule has 0 heterocycles. The Balaban J connectivity index is 1.68. The number of urea groups is 1. The molecule has 33 heavy (non-hydrogen) atoms. The number of rotatable bonds is 8. The first-order chi connectivity index (χ1) is 15.7. The first-order valence-electron chi connectivity index (χ1n) is 10.6. The van der Waals surface area contributed by atoms with Crippen LogP contribution < -0.4 is 9.50 Å². The van der Waals surface area contributed by atoms with Gasteiger partial charge in [-0.15, -0.1) is 0 Å². The van der Waals surface area contributed by atoms with E-state index in [1.165, 1.54) is 12.1 Å². The normalized spacial score (nSPS) is 11.3. The van der Waals surface area contributed by atoms with Crippen LogP contribution in [0.1, 0.15) is 31.9 Å². The lowest BCUT2D eigenvalue weighted by molar-refractivity contribution is 0.193. The molecule has 0 unspecified atom stereocenters.